The van der Waals surface area contributed by atoms with Crippen molar-refractivity contribution < 1.29 is 0 Å². The molecule has 2 rings (SSSR count). The second-order valence-electron chi connectivity index (χ2n) is 6.16. The summed E-state index contributed by atoms with van der Waals surface area (Å²) in [5.74, 6) is 1.27. The maximum Gasteiger partial charge on any atom is 0.0357 e. The molecule has 2 atom stereocenters. The van der Waals surface area contributed by atoms with E-state index in [4.69, 9.17) is 0 Å². The van der Waals surface area contributed by atoms with E-state index in [0.717, 1.165) is 6.54 Å². The Morgan fingerprint density at radius 2 is 1.70 bits per heavy atom. The van der Waals surface area contributed by atoms with E-state index in [-0.39, 0.29) is 0 Å². The summed E-state index contributed by atoms with van der Waals surface area (Å²) in [7, 11) is 0. The zero-order valence-electron chi connectivity index (χ0n) is 13.4. The van der Waals surface area contributed by atoms with Crippen molar-refractivity contribution in [1.82, 2.24) is 5.32 Å². The maximum absolute atomic E-state index is 3.71. The molecule has 0 heterocycles. The van der Waals surface area contributed by atoms with Crippen molar-refractivity contribution in [2.75, 3.05) is 6.54 Å². The molecule has 1 N–H and O–H groups in total. The molecule has 1 heteroatoms. The lowest BCUT2D eigenvalue weighted by atomic mass is 9.82. The van der Waals surface area contributed by atoms with Crippen LogP contribution in [0.3, 0.4) is 0 Å². The van der Waals surface area contributed by atoms with Gasteiger partial charge in [0.05, 0.1) is 0 Å². The van der Waals surface area contributed by atoms with Crippen molar-refractivity contribution in [1.29, 1.82) is 0 Å². The Kier molecular flexibility index (Phi) is 4.82. The number of hydrogen-bond donors (Lipinski definition) is 1. The molecule has 0 saturated heterocycles. The van der Waals surface area contributed by atoms with Gasteiger partial charge in [0, 0.05) is 6.04 Å². The first kappa shape index (κ1) is 15.1. The average molecular weight is 269 g/mol. The van der Waals surface area contributed by atoms with E-state index in [1.165, 1.54) is 21.9 Å². The molecular weight excluding hydrogens is 242 g/mol. The van der Waals surface area contributed by atoms with Gasteiger partial charge in [0.1, 0.15) is 0 Å². The van der Waals surface area contributed by atoms with Crippen LogP contribution in [0.5, 0.6) is 0 Å². The van der Waals surface area contributed by atoms with Crippen molar-refractivity contribution in [2.24, 2.45) is 11.8 Å². The third-order valence-electron chi connectivity index (χ3n) is 4.50. The number of aryl methyl sites for hydroxylation is 1. The normalized spacial score (nSPS) is 14.7. The minimum atomic E-state index is 0.422. The Morgan fingerprint density at radius 3 is 2.35 bits per heavy atom. The zero-order valence-corrected chi connectivity index (χ0v) is 13.4. The van der Waals surface area contributed by atoms with Crippen molar-refractivity contribution in [3.8, 4) is 0 Å². The molecule has 0 amide bonds. The molecule has 2 aromatic rings. The average Bonchev–Trinajstić information content (AvgIpc) is 2.44. The second kappa shape index (κ2) is 6.41. The number of rotatable bonds is 5. The molecule has 0 aliphatic heterocycles. The van der Waals surface area contributed by atoms with E-state index in [9.17, 15) is 0 Å². The van der Waals surface area contributed by atoms with Crippen LogP contribution in [0.2, 0.25) is 0 Å². The second-order valence-corrected chi connectivity index (χ2v) is 6.16. The third-order valence-corrected chi connectivity index (χ3v) is 4.50. The summed E-state index contributed by atoms with van der Waals surface area (Å²) < 4.78 is 0. The fourth-order valence-electron chi connectivity index (χ4n) is 2.97. The first-order valence-corrected chi connectivity index (χ1v) is 7.77. The topological polar surface area (TPSA) is 12.0 Å². The Balaban J connectivity index is 2.60. The van der Waals surface area contributed by atoms with Gasteiger partial charge in [-0.2, -0.15) is 0 Å². The van der Waals surface area contributed by atoms with Crippen molar-refractivity contribution in [3.05, 3.63) is 47.5 Å². The van der Waals surface area contributed by atoms with Crippen LogP contribution in [0.1, 0.15) is 44.9 Å². The molecule has 0 spiro atoms. The fourth-order valence-corrected chi connectivity index (χ4v) is 2.97. The highest BCUT2D eigenvalue weighted by molar-refractivity contribution is 5.87. The van der Waals surface area contributed by atoms with Gasteiger partial charge in [-0.1, -0.05) is 64.1 Å². The minimum Gasteiger partial charge on any atom is -0.310 e. The van der Waals surface area contributed by atoms with Gasteiger partial charge < -0.3 is 5.32 Å². The van der Waals surface area contributed by atoms with E-state index in [1.807, 2.05) is 0 Å². The Labute approximate surface area is 123 Å². The van der Waals surface area contributed by atoms with Crippen LogP contribution in [0.4, 0.5) is 0 Å². The summed E-state index contributed by atoms with van der Waals surface area (Å²) in [6, 6.07) is 13.7. The highest BCUT2D eigenvalue weighted by Gasteiger charge is 2.24. The Morgan fingerprint density at radius 1 is 1.00 bits per heavy atom. The van der Waals surface area contributed by atoms with Crippen molar-refractivity contribution in [3.63, 3.8) is 0 Å². The molecule has 1 nitrogen and oxygen atoms in total. The van der Waals surface area contributed by atoms with E-state index >= 15 is 0 Å². The third kappa shape index (κ3) is 2.88. The van der Waals surface area contributed by atoms with E-state index in [1.54, 1.807) is 0 Å². The minimum absolute atomic E-state index is 0.422. The van der Waals surface area contributed by atoms with Gasteiger partial charge in [-0.05, 0) is 47.2 Å². The van der Waals surface area contributed by atoms with Crippen LogP contribution in [0.15, 0.2) is 36.4 Å². The summed E-state index contributed by atoms with van der Waals surface area (Å²) in [6.45, 7) is 12.4. The van der Waals surface area contributed by atoms with E-state index in [2.05, 4.69) is 76.3 Å². The summed E-state index contributed by atoms with van der Waals surface area (Å²) >= 11 is 0. The summed E-state index contributed by atoms with van der Waals surface area (Å²) in [5.41, 5.74) is 2.87. The first-order chi connectivity index (χ1) is 9.56. The lowest BCUT2D eigenvalue weighted by Gasteiger charge is -2.30. The zero-order chi connectivity index (χ0) is 14.7. The first-order valence-electron chi connectivity index (χ1n) is 7.77. The highest BCUT2D eigenvalue weighted by atomic mass is 14.9. The molecule has 2 aromatic carbocycles. The Hall–Kier alpha value is -1.34. The standard InChI is InChI=1S/C19H27N/c1-6-20-19(15(5)13(2)3)18-14(4)11-12-16-9-7-8-10-17(16)18/h7-13,15,19-20H,6H2,1-5H3. The smallest absolute Gasteiger partial charge is 0.0357 e. The van der Waals surface area contributed by atoms with Gasteiger partial charge in [0.25, 0.3) is 0 Å². The fraction of sp³-hybridized carbons (Fsp3) is 0.474. The SMILES string of the molecule is CCNC(c1c(C)ccc2ccccc12)C(C)C(C)C. The van der Waals surface area contributed by atoms with E-state index < -0.39 is 0 Å². The number of benzene rings is 2. The van der Waals surface area contributed by atoms with Crippen molar-refractivity contribution in [2.45, 2.75) is 40.7 Å². The molecule has 0 aromatic heterocycles. The van der Waals surface area contributed by atoms with Crippen LogP contribution in [0.25, 0.3) is 10.8 Å². The van der Waals surface area contributed by atoms with Crippen LogP contribution in [-0.2, 0) is 0 Å². The Bertz CT molecular complexity index is 571. The van der Waals surface area contributed by atoms with Gasteiger partial charge in [-0.25, -0.2) is 0 Å². The predicted octanol–water partition coefficient (Wildman–Crippen LogP) is 5.09. The van der Waals surface area contributed by atoms with Gasteiger partial charge >= 0.3 is 0 Å². The van der Waals surface area contributed by atoms with E-state index in [0.29, 0.717) is 17.9 Å². The van der Waals surface area contributed by atoms with Gasteiger partial charge in [0.2, 0.25) is 0 Å². The molecule has 0 radical (unpaired) electrons. The van der Waals surface area contributed by atoms with Crippen LogP contribution < -0.4 is 5.32 Å². The number of hydrogen-bond acceptors (Lipinski definition) is 1. The van der Waals surface area contributed by atoms with Gasteiger partial charge in [-0.15, -0.1) is 0 Å². The molecule has 0 aliphatic carbocycles. The molecule has 0 bridgehead atoms. The molecule has 108 valence electrons. The number of nitrogens with one attached hydrogen (secondary N) is 1. The van der Waals surface area contributed by atoms with Gasteiger partial charge in [-0.3, -0.25) is 0 Å². The monoisotopic (exact) mass is 269 g/mol. The summed E-state index contributed by atoms with van der Waals surface area (Å²) in [6.07, 6.45) is 0. The predicted molar refractivity (Wildman–Crippen MR) is 89.1 cm³/mol. The largest absolute Gasteiger partial charge is 0.310 e. The molecule has 20 heavy (non-hydrogen) atoms. The van der Waals surface area contributed by atoms with Crippen molar-refractivity contribution >= 4 is 10.8 Å². The summed E-state index contributed by atoms with van der Waals surface area (Å²) in [5, 5.41) is 6.45. The lowest BCUT2D eigenvalue weighted by Crippen LogP contribution is -2.30. The molecular formula is C19H27N. The lowest BCUT2D eigenvalue weighted by molar-refractivity contribution is 0.308. The quantitative estimate of drug-likeness (QED) is 0.797. The van der Waals surface area contributed by atoms with Crippen LogP contribution >= 0.6 is 0 Å². The molecule has 0 aliphatic rings. The molecule has 2 unspecified atom stereocenters. The molecule has 0 fully saturated rings. The molecule has 0 saturated carbocycles. The maximum atomic E-state index is 3.71. The number of fused-ring (bicyclic) bond motifs is 1. The van der Waals surface area contributed by atoms with Gasteiger partial charge in [0.15, 0.2) is 0 Å². The highest BCUT2D eigenvalue weighted by Crippen LogP contribution is 2.34. The van der Waals surface area contributed by atoms with Crippen LogP contribution in [-0.4, -0.2) is 6.54 Å². The van der Waals surface area contributed by atoms with Crippen LogP contribution in [0, 0.1) is 18.8 Å². The summed E-state index contributed by atoms with van der Waals surface area (Å²) in [4.78, 5) is 0.